The lowest BCUT2D eigenvalue weighted by atomic mass is 9.98. The summed E-state index contributed by atoms with van der Waals surface area (Å²) in [4.78, 5) is 23.6. The molecule has 4 heteroatoms. The minimum Gasteiger partial charge on any atom is -0.481 e. The maximum absolute atomic E-state index is 11.4. The van der Waals surface area contributed by atoms with E-state index in [9.17, 15) is 9.59 Å². The molecule has 16 heavy (non-hydrogen) atoms. The van der Waals surface area contributed by atoms with Crippen LogP contribution in [0.25, 0.3) is 0 Å². The molecule has 1 saturated heterocycles. The van der Waals surface area contributed by atoms with Crippen molar-refractivity contribution in [1.82, 2.24) is 4.90 Å². The van der Waals surface area contributed by atoms with E-state index in [-0.39, 0.29) is 5.91 Å². The van der Waals surface area contributed by atoms with E-state index in [0.29, 0.717) is 13.1 Å². The number of nitrogens with zero attached hydrogens (tertiary/aromatic N) is 1. The standard InChI is InChI=1S/C12H13NO3/c1-8-2-4-9(5-3-8)6-13-7-10(11(13)14)12(15)16/h2-5,10H,6-7H2,1H3,(H,15,16). The molecule has 1 N–H and O–H groups in total. The molecule has 1 aromatic carbocycles. The molecule has 1 unspecified atom stereocenters. The zero-order chi connectivity index (χ0) is 11.7. The van der Waals surface area contributed by atoms with Crippen LogP contribution in [-0.2, 0) is 16.1 Å². The first-order valence-corrected chi connectivity index (χ1v) is 5.15. The molecule has 1 aliphatic heterocycles. The van der Waals surface area contributed by atoms with Crippen LogP contribution in [-0.4, -0.2) is 28.4 Å². The lowest BCUT2D eigenvalue weighted by Crippen LogP contribution is -2.54. The van der Waals surface area contributed by atoms with Crippen LogP contribution < -0.4 is 0 Å². The molecule has 0 aliphatic carbocycles. The van der Waals surface area contributed by atoms with Crippen molar-refractivity contribution in [3.63, 3.8) is 0 Å². The molecular weight excluding hydrogens is 206 g/mol. The van der Waals surface area contributed by atoms with Crippen molar-refractivity contribution in [1.29, 1.82) is 0 Å². The van der Waals surface area contributed by atoms with E-state index >= 15 is 0 Å². The Hall–Kier alpha value is -1.84. The van der Waals surface area contributed by atoms with Crippen LogP contribution in [0.3, 0.4) is 0 Å². The first-order chi connectivity index (χ1) is 7.58. The number of rotatable bonds is 3. The van der Waals surface area contributed by atoms with Crippen LogP contribution >= 0.6 is 0 Å². The van der Waals surface area contributed by atoms with Crippen molar-refractivity contribution < 1.29 is 14.7 Å². The number of amides is 1. The molecule has 1 aromatic rings. The van der Waals surface area contributed by atoms with Crippen LogP contribution in [0, 0.1) is 12.8 Å². The normalized spacial score (nSPS) is 19.4. The van der Waals surface area contributed by atoms with Gasteiger partial charge in [-0.3, -0.25) is 9.59 Å². The Kier molecular flexibility index (Phi) is 2.64. The number of benzene rings is 1. The van der Waals surface area contributed by atoms with Crippen LogP contribution in [0.2, 0.25) is 0 Å². The van der Waals surface area contributed by atoms with Gasteiger partial charge in [0.05, 0.1) is 0 Å². The molecular formula is C12H13NO3. The van der Waals surface area contributed by atoms with E-state index < -0.39 is 11.9 Å². The molecule has 0 aromatic heterocycles. The van der Waals surface area contributed by atoms with E-state index in [2.05, 4.69) is 0 Å². The number of hydrogen-bond donors (Lipinski definition) is 1. The van der Waals surface area contributed by atoms with Gasteiger partial charge in [0.15, 0.2) is 5.92 Å². The van der Waals surface area contributed by atoms with E-state index in [4.69, 9.17) is 5.11 Å². The molecule has 1 amide bonds. The summed E-state index contributed by atoms with van der Waals surface area (Å²) in [7, 11) is 0. The van der Waals surface area contributed by atoms with Crippen LogP contribution in [0.1, 0.15) is 11.1 Å². The fourth-order valence-corrected chi connectivity index (χ4v) is 1.74. The molecule has 1 fully saturated rings. The molecule has 84 valence electrons. The summed E-state index contributed by atoms with van der Waals surface area (Å²) < 4.78 is 0. The van der Waals surface area contributed by atoms with Crippen LogP contribution in [0.4, 0.5) is 0 Å². The summed E-state index contributed by atoms with van der Waals surface area (Å²) in [6.45, 7) is 2.82. The van der Waals surface area contributed by atoms with Gasteiger partial charge in [-0.1, -0.05) is 29.8 Å². The molecule has 1 heterocycles. The second kappa shape index (κ2) is 3.96. The Morgan fingerprint density at radius 2 is 2.06 bits per heavy atom. The summed E-state index contributed by atoms with van der Waals surface area (Å²) in [5, 5.41) is 8.68. The molecule has 0 saturated carbocycles. The van der Waals surface area contributed by atoms with Crippen molar-refractivity contribution in [2.45, 2.75) is 13.5 Å². The summed E-state index contributed by atoms with van der Waals surface area (Å²) in [6, 6.07) is 7.87. The number of carbonyl (C=O) groups excluding carboxylic acids is 1. The molecule has 0 radical (unpaired) electrons. The molecule has 1 atom stereocenters. The number of carbonyl (C=O) groups is 2. The summed E-state index contributed by atoms with van der Waals surface area (Å²) in [5.41, 5.74) is 2.20. The van der Waals surface area contributed by atoms with Gasteiger partial charge in [0.1, 0.15) is 0 Å². The average molecular weight is 219 g/mol. The average Bonchev–Trinajstić information content (AvgIpc) is 2.25. The van der Waals surface area contributed by atoms with Gasteiger partial charge in [0, 0.05) is 13.1 Å². The highest BCUT2D eigenvalue weighted by Crippen LogP contribution is 2.20. The predicted molar refractivity (Wildman–Crippen MR) is 57.7 cm³/mol. The third-order valence-electron chi connectivity index (χ3n) is 2.80. The van der Waals surface area contributed by atoms with Crippen molar-refractivity contribution in [3.8, 4) is 0 Å². The third kappa shape index (κ3) is 1.91. The maximum atomic E-state index is 11.4. The van der Waals surface area contributed by atoms with Gasteiger partial charge in [-0.05, 0) is 12.5 Å². The van der Waals surface area contributed by atoms with Crippen LogP contribution in [0.5, 0.6) is 0 Å². The van der Waals surface area contributed by atoms with Gasteiger partial charge in [0.25, 0.3) is 0 Å². The van der Waals surface area contributed by atoms with E-state index in [1.165, 1.54) is 5.56 Å². The van der Waals surface area contributed by atoms with Crippen LogP contribution in [0.15, 0.2) is 24.3 Å². The Balaban J connectivity index is 1.96. The Labute approximate surface area is 93.5 Å². The van der Waals surface area contributed by atoms with Crippen molar-refractivity contribution in [2.75, 3.05) is 6.54 Å². The predicted octanol–water partition coefficient (Wildman–Crippen LogP) is 1.04. The highest BCUT2D eigenvalue weighted by atomic mass is 16.4. The Bertz CT molecular complexity index is 424. The Morgan fingerprint density at radius 1 is 1.44 bits per heavy atom. The lowest BCUT2D eigenvalue weighted by molar-refractivity contribution is -0.162. The number of carboxylic acid groups (broad SMARTS) is 1. The van der Waals surface area contributed by atoms with Gasteiger partial charge in [-0.25, -0.2) is 0 Å². The number of aliphatic carboxylic acids is 1. The fourth-order valence-electron chi connectivity index (χ4n) is 1.74. The third-order valence-corrected chi connectivity index (χ3v) is 2.80. The summed E-state index contributed by atoms with van der Waals surface area (Å²) >= 11 is 0. The minimum atomic E-state index is -1.02. The molecule has 0 bridgehead atoms. The Morgan fingerprint density at radius 3 is 2.56 bits per heavy atom. The van der Waals surface area contributed by atoms with Gasteiger partial charge < -0.3 is 10.0 Å². The smallest absolute Gasteiger partial charge is 0.317 e. The van der Waals surface area contributed by atoms with E-state index in [0.717, 1.165) is 5.56 Å². The summed E-state index contributed by atoms with van der Waals surface area (Å²) in [5.74, 6) is -2.14. The first kappa shape index (κ1) is 10.7. The van der Waals surface area contributed by atoms with Gasteiger partial charge in [0.2, 0.25) is 5.91 Å². The molecule has 4 nitrogen and oxygen atoms in total. The van der Waals surface area contributed by atoms with Gasteiger partial charge in [-0.15, -0.1) is 0 Å². The SMILES string of the molecule is Cc1ccc(CN2CC(C(=O)O)C2=O)cc1. The van der Waals surface area contributed by atoms with E-state index in [1.807, 2.05) is 31.2 Å². The quantitative estimate of drug-likeness (QED) is 0.610. The lowest BCUT2D eigenvalue weighted by Gasteiger charge is -2.36. The second-order valence-electron chi connectivity index (χ2n) is 4.10. The summed E-state index contributed by atoms with van der Waals surface area (Å²) in [6.07, 6.45) is 0. The van der Waals surface area contributed by atoms with E-state index in [1.54, 1.807) is 4.90 Å². The molecule has 0 spiro atoms. The number of carboxylic acids is 1. The van der Waals surface area contributed by atoms with Gasteiger partial charge >= 0.3 is 5.97 Å². The van der Waals surface area contributed by atoms with Crippen molar-refractivity contribution in [2.24, 2.45) is 5.92 Å². The first-order valence-electron chi connectivity index (χ1n) is 5.15. The highest BCUT2D eigenvalue weighted by molar-refractivity contribution is 6.01. The zero-order valence-electron chi connectivity index (χ0n) is 9.01. The number of hydrogen-bond acceptors (Lipinski definition) is 2. The number of β-lactam (4-membered cyclic amide) rings is 1. The number of likely N-dealkylation sites (tertiary alicyclic amines) is 1. The fraction of sp³-hybridized carbons (Fsp3) is 0.333. The maximum Gasteiger partial charge on any atom is 0.317 e. The zero-order valence-corrected chi connectivity index (χ0v) is 9.01. The largest absolute Gasteiger partial charge is 0.481 e. The second-order valence-corrected chi connectivity index (χ2v) is 4.10. The number of aryl methyl sites for hydroxylation is 1. The van der Waals surface area contributed by atoms with Crippen molar-refractivity contribution in [3.05, 3.63) is 35.4 Å². The highest BCUT2D eigenvalue weighted by Gasteiger charge is 2.41. The topological polar surface area (TPSA) is 57.6 Å². The monoisotopic (exact) mass is 219 g/mol. The minimum absolute atomic E-state index is 0.284. The molecule has 1 aliphatic rings. The van der Waals surface area contributed by atoms with Gasteiger partial charge in [-0.2, -0.15) is 0 Å². The van der Waals surface area contributed by atoms with Crippen molar-refractivity contribution >= 4 is 11.9 Å². The molecule has 2 rings (SSSR count).